The van der Waals surface area contributed by atoms with Gasteiger partial charge in [-0.1, -0.05) is 11.6 Å². The molecule has 0 N–H and O–H groups in total. The van der Waals surface area contributed by atoms with Crippen LogP contribution in [0, 0.1) is 0 Å². The van der Waals surface area contributed by atoms with E-state index in [2.05, 4.69) is 20.5 Å². The molecule has 74 valence electrons. The molecule has 0 saturated heterocycles. The summed E-state index contributed by atoms with van der Waals surface area (Å²) in [6.07, 6.45) is 1.62. The Hall–Kier alpha value is -1.43. The van der Waals surface area contributed by atoms with Gasteiger partial charge in [0, 0.05) is 7.05 Å². The van der Waals surface area contributed by atoms with Crippen molar-refractivity contribution in [1.29, 1.82) is 0 Å². The topological polar surface area (TPSA) is 61.4 Å². The van der Waals surface area contributed by atoms with Gasteiger partial charge in [-0.15, -0.1) is 10.2 Å². The highest BCUT2D eigenvalue weighted by Crippen LogP contribution is 2.22. The van der Waals surface area contributed by atoms with Crippen molar-refractivity contribution in [2.45, 2.75) is 13.5 Å². The monoisotopic (exact) mass is 212 g/mol. The lowest BCUT2D eigenvalue weighted by Crippen LogP contribution is -1.98. The van der Waals surface area contributed by atoms with Crippen LogP contribution in [0.5, 0.6) is 0 Å². The van der Waals surface area contributed by atoms with E-state index in [-0.39, 0.29) is 0 Å². The van der Waals surface area contributed by atoms with Crippen molar-refractivity contribution in [3.63, 3.8) is 0 Å². The zero-order valence-corrected chi connectivity index (χ0v) is 8.60. The van der Waals surface area contributed by atoms with Crippen molar-refractivity contribution in [1.82, 2.24) is 30.0 Å². The number of halogens is 1. The van der Waals surface area contributed by atoms with Crippen LogP contribution in [0.1, 0.15) is 6.92 Å². The van der Waals surface area contributed by atoms with Crippen LogP contribution in [-0.4, -0.2) is 30.0 Å². The minimum atomic E-state index is 0.505. The Morgan fingerprint density at radius 1 is 1.50 bits per heavy atom. The molecule has 0 atom stereocenters. The zero-order valence-electron chi connectivity index (χ0n) is 7.85. The summed E-state index contributed by atoms with van der Waals surface area (Å²) in [6.45, 7) is 2.63. The number of nitrogens with zero attached hydrogens (tertiary/aromatic N) is 6. The third-order valence-electron chi connectivity index (χ3n) is 1.84. The van der Waals surface area contributed by atoms with Gasteiger partial charge in [-0.3, -0.25) is 4.68 Å². The molecular formula is C7H9ClN6. The first-order chi connectivity index (χ1) is 6.72. The Bertz CT molecular complexity index is 445. The highest BCUT2D eigenvalue weighted by Gasteiger charge is 2.12. The summed E-state index contributed by atoms with van der Waals surface area (Å²) in [7, 11) is 1.76. The fraction of sp³-hybridized carbons (Fsp3) is 0.429. The van der Waals surface area contributed by atoms with E-state index in [1.54, 1.807) is 17.9 Å². The predicted octanol–water partition coefficient (Wildman–Crippen LogP) is 0.747. The highest BCUT2D eigenvalue weighted by molar-refractivity contribution is 6.32. The van der Waals surface area contributed by atoms with Crippen molar-refractivity contribution in [2.75, 3.05) is 0 Å². The molecule has 14 heavy (non-hydrogen) atoms. The molecule has 0 fully saturated rings. The normalized spacial score (nSPS) is 10.8. The Balaban J connectivity index is 2.44. The van der Waals surface area contributed by atoms with Crippen molar-refractivity contribution < 1.29 is 0 Å². The van der Waals surface area contributed by atoms with Gasteiger partial charge >= 0.3 is 0 Å². The van der Waals surface area contributed by atoms with Crippen LogP contribution in [0.3, 0.4) is 0 Å². The summed E-state index contributed by atoms with van der Waals surface area (Å²) in [5.41, 5.74) is 0.703. The Labute approximate surface area is 85.5 Å². The summed E-state index contributed by atoms with van der Waals surface area (Å²) >= 11 is 5.98. The van der Waals surface area contributed by atoms with Gasteiger partial charge in [0.25, 0.3) is 0 Å². The Morgan fingerprint density at radius 3 is 2.79 bits per heavy atom. The molecule has 0 spiro atoms. The fourth-order valence-electron chi connectivity index (χ4n) is 1.06. The average Bonchev–Trinajstić information content (AvgIpc) is 2.75. The fourth-order valence-corrected chi connectivity index (χ4v) is 1.23. The number of hydrogen-bond donors (Lipinski definition) is 0. The minimum Gasteiger partial charge on any atom is -0.256 e. The van der Waals surface area contributed by atoms with Crippen molar-refractivity contribution in [3.8, 4) is 11.4 Å². The van der Waals surface area contributed by atoms with Gasteiger partial charge in [-0.05, 0) is 12.1 Å². The lowest BCUT2D eigenvalue weighted by Gasteiger charge is -1.91. The predicted molar refractivity (Wildman–Crippen MR) is 50.7 cm³/mol. The maximum absolute atomic E-state index is 5.98. The highest BCUT2D eigenvalue weighted by atomic mass is 35.5. The molecule has 0 aromatic carbocycles. The van der Waals surface area contributed by atoms with E-state index < -0.39 is 0 Å². The van der Waals surface area contributed by atoms with Gasteiger partial charge in [0.15, 0.2) is 0 Å². The van der Waals surface area contributed by atoms with Gasteiger partial charge in [-0.25, -0.2) is 0 Å². The van der Waals surface area contributed by atoms with E-state index in [1.165, 1.54) is 4.80 Å². The Morgan fingerprint density at radius 2 is 2.29 bits per heavy atom. The largest absolute Gasteiger partial charge is 0.256 e. The first kappa shape index (κ1) is 9.14. The summed E-state index contributed by atoms with van der Waals surface area (Å²) in [6, 6.07) is 0. The van der Waals surface area contributed by atoms with E-state index in [0.29, 0.717) is 23.1 Å². The molecule has 7 heteroatoms. The minimum absolute atomic E-state index is 0.505. The maximum atomic E-state index is 5.98. The number of aromatic nitrogens is 6. The molecule has 0 unspecified atom stereocenters. The molecule has 0 radical (unpaired) electrons. The molecule has 0 aliphatic carbocycles. The second-order valence-corrected chi connectivity index (χ2v) is 3.13. The second-order valence-electron chi connectivity index (χ2n) is 2.77. The standard InChI is InChI=1S/C7H9ClN6/c1-3-14-11-7(10-12-14)5-4-9-13(2)6(5)8/h4H,3H2,1-2H3. The van der Waals surface area contributed by atoms with Gasteiger partial charge < -0.3 is 0 Å². The van der Waals surface area contributed by atoms with Crippen LogP contribution < -0.4 is 0 Å². The number of tetrazole rings is 1. The van der Waals surface area contributed by atoms with E-state index in [0.717, 1.165) is 0 Å². The van der Waals surface area contributed by atoms with Crippen molar-refractivity contribution in [3.05, 3.63) is 11.3 Å². The van der Waals surface area contributed by atoms with E-state index in [1.807, 2.05) is 6.92 Å². The van der Waals surface area contributed by atoms with Crippen LogP contribution in [0.2, 0.25) is 5.15 Å². The lowest BCUT2D eigenvalue weighted by molar-refractivity contribution is 0.553. The van der Waals surface area contributed by atoms with Crippen LogP contribution in [0.4, 0.5) is 0 Å². The zero-order chi connectivity index (χ0) is 10.1. The van der Waals surface area contributed by atoms with Crippen LogP contribution in [0.25, 0.3) is 11.4 Å². The van der Waals surface area contributed by atoms with E-state index >= 15 is 0 Å². The number of aryl methyl sites for hydroxylation is 2. The number of rotatable bonds is 2. The molecular weight excluding hydrogens is 204 g/mol. The quantitative estimate of drug-likeness (QED) is 0.737. The third-order valence-corrected chi connectivity index (χ3v) is 2.29. The number of hydrogen-bond acceptors (Lipinski definition) is 4. The first-order valence-electron chi connectivity index (χ1n) is 4.18. The lowest BCUT2D eigenvalue weighted by atomic mass is 10.3. The maximum Gasteiger partial charge on any atom is 0.209 e. The summed E-state index contributed by atoms with van der Waals surface area (Å²) < 4.78 is 1.56. The van der Waals surface area contributed by atoms with Crippen LogP contribution >= 0.6 is 11.6 Å². The molecule has 2 aromatic heterocycles. The third kappa shape index (κ3) is 1.37. The molecule has 2 heterocycles. The average molecular weight is 213 g/mol. The molecule has 0 saturated carbocycles. The molecule has 0 bridgehead atoms. The van der Waals surface area contributed by atoms with E-state index in [4.69, 9.17) is 11.6 Å². The van der Waals surface area contributed by atoms with Crippen molar-refractivity contribution in [2.24, 2.45) is 7.05 Å². The van der Waals surface area contributed by atoms with Gasteiger partial charge in [0.2, 0.25) is 5.82 Å². The molecule has 0 aliphatic rings. The van der Waals surface area contributed by atoms with Crippen LogP contribution in [-0.2, 0) is 13.6 Å². The van der Waals surface area contributed by atoms with Crippen molar-refractivity contribution >= 4 is 11.6 Å². The first-order valence-corrected chi connectivity index (χ1v) is 4.56. The summed E-state index contributed by atoms with van der Waals surface area (Å²) in [5, 5.41) is 16.4. The molecule has 2 rings (SSSR count). The SMILES string of the molecule is CCn1nnc(-c2cnn(C)c2Cl)n1. The van der Waals surface area contributed by atoms with E-state index in [9.17, 15) is 0 Å². The summed E-state index contributed by atoms with van der Waals surface area (Å²) in [4.78, 5) is 1.50. The summed E-state index contributed by atoms with van der Waals surface area (Å²) in [5.74, 6) is 0.505. The molecule has 0 aliphatic heterocycles. The second kappa shape index (κ2) is 3.38. The Kier molecular flexibility index (Phi) is 2.20. The van der Waals surface area contributed by atoms with Gasteiger partial charge in [0.05, 0.1) is 18.3 Å². The molecule has 0 amide bonds. The van der Waals surface area contributed by atoms with Gasteiger partial charge in [0.1, 0.15) is 5.15 Å². The van der Waals surface area contributed by atoms with Gasteiger partial charge in [-0.2, -0.15) is 9.90 Å². The molecule has 2 aromatic rings. The molecule has 6 nitrogen and oxygen atoms in total. The van der Waals surface area contributed by atoms with Crippen LogP contribution in [0.15, 0.2) is 6.20 Å². The smallest absolute Gasteiger partial charge is 0.209 e.